The summed E-state index contributed by atoms with van der Waals surface area (Å²) < 4.78 is 5.11. The molecule has 0 aliphatic heterocycles. The standard InChI is InChI=1S/C16H13BrN4/c1-20-12-4-2-3-5-13(12)21-15(18)14(19-16(20)21)10-6-8-11(17)9-7-10/h2-9H,18H2,1H3. The van der Waals surface area contributed by atoms with Gasteiger partial charge in [-0.25, -0.2) is 4.98 Å². The highest BCUT2D eigenvalue weighted by Gasteiger charge is 2.17. The summed E-state index contributed by atoms with van der Waals surface area (Å²) >= 11 is 3.45. The summed E-state index contributed by atoms with van der Waals surface area (Å²) in [5.74, 6) is 1.52. The molecule has 4 aromatic rings. The first-order valence-electron chi connectivity index (χ1n) is 6.64. The zero-order valence-corrected chi connectivity index (χ0v) is 13.0. The molecule has 0 radical (unpaired) electrons. The van der Waals surface area contributed by atoms with Gasteiger partial charge in [0.1, 0.15) is 11.5 Å². The summed E-state index contributed by atoms with van der Waals surface area (Å²) in [5, 5.41) is 0. The van der Waals surface area contributed by atoms with E-state index >= 15 is 0 Å². The molecule has 0 atom stereocenters. The summed E-state index contributed by atoms with van der Waals surface area (Å²) in [5.41, 5.74) is 10.4. The minimum Gasteiger partial charge on any atom is -0.383 e. The smallest absolute Gasteiger partial charge is 0.216 e. The monoisotopic (exact) mass is 340 g/mol. The van der Waals surface area contributed by atoms with Gasteiger partial charge in [-0.15, -0.1) is 0 Å². The molecule has 2 aromatic heterocycles. The maximum absolute atomic E-state index is 6.36. The van der Waals surface area contributed by atoms with E-state index in [0.717, 1.165) is 32.5 Å². The lowest BCUT2D eigenvalue weighted by molar-refractivity contribution is 0.971. The fourth-order valence-electron chi connectivity index (χ4n) is 2.75. The van der Waals surface area contributed by atoms with Crippen molar-refractivity contribution in [3.05, 3.63) is 53.0 Å². The van der Waals surface area contributed by atoms with Crippen LogP contribution in [0.4, 0.5) is 5.82 Å². The van der Waals surface area contributed by atoms with Gasteiger partial charge in [0, 0.05) is 17.1 Å². The summed E-state index contributed by atoms with van der Waals surface area (Å²) in [6.45, 7) is 0. The lowest BCUT2D eigenvalue weighted by atomic mass is 10.1. The van der Waals surface area contributed by atoms with Crippen LogP contribution in [0.15, 0.2) is 53.0 Å². The highest BCUT2D eigenvalue weighted by molar-refractivity contribution is 9.10. The number of para-hydroxylation sites is 2. The van der Waals surface area contributed by atoms with Gasteiger partial charge in [0.05, 0.1) is 11.0 Å². The molecule has 104 valence electrons. The fraction of sp³-hybridized carbons (Fsp3) is 0.0625. The van der Waals surface area contributed by atoms with E-state index in [4.69, 9.17) is 10.7 Å². The van der Waals surface area contributed by atoms with E-state index in [9.17, 15) is 0 Å². The number of aryl methyl sites for hydroxylation is 1. The molecule has 0 spiro atoms. The minimum absolute atomic E-state index is 0.670. The summed E-state index contributed by atoms with van der Waals surface area (Å²) in [7, 11) is 2.01. The van der Waals surface area contributed by atoms with Crippen molar-refractivity contribution in [2.45, 2.75) is 0 Å². The van der Waals surface area contributed by atoms with E-state index in [1.54, 1.807) is 0 Å². The number of rotatable bonds is 1. The van der Waals surface area contributed by atoms with Crippen molar-refractivity contribution >= 4 is 38.6 Å². The Morgan fingerprint density at radius 1 is 1.00 bits per heavy atom. The number of anilines is 1. The number of hydrogen-bond donors (Lipinski definition) is 1. The Kier molecular flexibility index (Phi) is 2.59. The van der Waals surface area contributed by atoms with Crippen LogP contribution in [0.5, 0.6) is 0 Å². The van der Waals surface area contributed by atoms with E-state index in [0.29, 0.717) is 5.82 Å². The van der Waals surface area contributed by atoms with Crippen molar-refractivity contribution < 1.29 is 0 Å². The molecule has 0 saturated carbocycles. The van der Waals surface area contributed by atoms with Crippen molar-refractivity contribution in [3.8, 4) is 11.3 Å². The number of nitrogen functional groups attached to an aromatic ring is 1. The number of fused-ring (bicyclic) bond motifs is 3. The molecule has 0 amide bonds. The molecule has 21 heavy (non-hydrogen) atoms. The largest absolute Gasteiger partial charge is 0.383 e. The predicted molar refractivity (Wildman–Crippen MR) is 89.2 cm³/mol. The van der Waals surface area contributed by atoms with Crippen LogP contribution in [0.25, 0.3) is 28.1 Å². The quantitative estimate of drug-likeness (QED) is 0.572. The van der Waals surface area contributed by atoms with Gasteiger partial charge >= 0.3 is 0 Å². The van der Waals surface area contributed by atoms with Gasteiger partial charge in [0.25, 0.3) is 0 Å². The fourth-order valence-corrected chi connectivity index (χ4v) is 3.01. The topological polar surface area (TPSA) is 48.2 Å². The molecule has 2 heterocycles. The maximum atomic E-state index is 6.36. The van der Waals surface area contributed by atoms with Crippen LogP contribution in [-0.4, -0.2) is 14.0 Å². The summed E-state index contributed by atoms with van der Waals surface area (Å²) in [4.78, 5) is 4.73. The molecule has 2 N–H and O–H groups in total. The van der Waals surface area contributed by atoms with Crippen LogP contribution in [0.2, 0.25) is 0 Å². The molecule has 0 unspecified atom stereocenters. The number of nitrogens with zero attached hydrogens (tertiary/aromatic N) is 3. The Labute approximate surface area is 129 Å². The highest BCUT2D eigenvalue weighted by atomic mass is 79.9. The van der Waals surface area contributed by atoms with Gasteiger partial charge in [-0.05, 0) is 24.3 Å². The van der Waals surface area contributed by atoms with Crippen molar-refractivity contribution in [3.63, 3.8) is 0 Å². The molecule has 0 fully saturated rings. The first kappa shape index (κ1) is 12.5. The van der Waals surface area contributed by atoms with Gasteiger partial charge in [0.2, 0.25) is 5.78 Å². The van der Waals surface area contributed by atoms with Crippen LogP contribution < -0.4 is 5.73 Å². The lowest BCUT2D eigenvalue weighted by Crippen LogP contribution is -1.93. The first-order valence-corrected chi connectivity index (χ1v) is 7.43. The van der Waals surface area contributed by atoms with E-state index in [2.05, 4.69) is 32.6 Å². The predicted octanol–water partition coefficient (Wildman–Crippen LogP) is 3.84. The molecule has 4 rings (SSSR count). The average molecular weight is 341 g/mol. The Morgan fingerprint density at radius 3 is 2.38 bits per heavy atom. The second kappa shape index (κ2) is 4.36. The Hall–Kier alpha value is -2.27. The van der Waals surface area contributed by atoms with Crippen LogP contribution in [-0.2, 0) is 7.05 Å². The first-order chi connectivity index (χ1) is 10.2. The Morgan fingerprint density at radius 2 is 1.67 bits per heavy atom. The van der Waals surface area contributed by atoms with Gasteiger partial charge in [0.15, 0.2) is 0 Å². The van der Waals surface area contributed by atoms with Gasteiger partial charge in [-0.2, -0.15) is 0 Å². The lowest BCUT2D eigenvalue weighted by Gasteiger charge is -2.00. The third-order valence-corrected chi connectivity index (χ3v) is 4.33. The van der Waals surface area contributed by atoms with Gasteiger partial charge in [-0.3, -0.25) is 4.40 Å². The second-order valence-corrected chi connectivity index (χ2v) is 5.95. The highest BCUT2D eigenvalue weighted by Crippen LogP contribution is 2.31. The zero-order valence-electron chi connectivity index (χ0n) is 11.4. The molecule has 0 aliphatic rings. The SMILES string of the molecule is Cn1c2ccccc2n2c(N)c(-c3ccc(Br)cc3)nc12. The summed E-state index contributed by atoms with van der Waals surface area (Å²) in [6, 6.07) is 16.2. The third-order valence-electron chi connectivity index (χ3n) is 3.80. The van der Waals surface area contributed by atoms with E-state index in [1.165, 1.54) is 0 Å². The van der Waals surface area contributed by atoms with Crippen molar-refractivity contribution in [1.82, 2.24) is 14.0 Å². The molecule has 4 nitrogen and oxygen atoms in total. The van der Waals surface area contributed by atoms with Crippen LogP contribution in [0.3, 0.4) is 0 Å². The number of halogens is 1. The number of benzene rings is 2. The molecule has 0 aliphatic carbocycles. The van der Waals surface area contributed by atoms with Crippen molar-refractivity contribution in [2.24, 2.45) is 7.05 Å². The van der Waals surface area contributed by atoms with Crippen LogP contribution >= 0.6 is 15.9 Å². The van der Waals surface area contributed by atoms with E-state index in [1.807, 2.05) is 47.8 Å². The molecular weight excluding hydrogens is 328 g/mol. The molecular formula is C16H13BrN4. The Balaban J connectivity index is 2.07. The normalized spacial score (nSPS) is 11.5. The van der Waals surface area contributed by atoms with Gasteiger partial charge < -0.3 is 10.3 Å². The molecule has 2 aromatic carbocycles. The number of imidazole rings is 2. The average Bonchev–Trinajstić information content (AvgIpc) is 2.98. The number of aromatic nitrogens is 3. The zero-order chi connectivity index (χ0) is 14.6. The van der Waals surface area contributed by atoms with Crippen LogP contribution in [0.1, 0.15) is 0 Å². The molecule has 5 heteroatoms. The number of nitrogens with two attached hydrogens (primary N) is 1. The van der Waals surface area contributed by atoms with Crippen molar-refractivity contribution in [2.75, 3.05) is 5.73 Å². The van der Waals surface area contributed by atoms with Crippen molar-refractivity contribution in [1.29, 1.82) is 0 Å². The minimum atomic E-state index is 0.670. The summed E-state index contributed by atoms with van der Waals surface area (Å²) in [6.07, 6.45) is 0. The molecule has 0 bridgehead atoms. The maximum Gasteiger partial charge on any atom is 0.216 e. The van der Waals surface area contributed by atoms with E-state index < -0.39 is 0 Å². The number of hydrogen-bond acceptors (Lipinski definition) is 2. The van der Waals surface area contributed by atoms with E-state index in [-0.39, 0.29) is 0 Å². The molecule has 0 saturated heterocycles. The third kappa shape index (κ3) is 1.70. The van der Waals surface area contributed by atoms with Gasteiger partial charge in [-0.1, -0.05) is 40.2 Å². The van der Waals surface area contributed by atoms with Crippen LogP contribution in [0, 0.1) is 0 Å². The second-order valence-electron chi connectivity index (χ2n) is 5.04. The Bertz CT molecular complexity index is 963.